The van der Waals surface area contributed by atoms with E-state index in [1.807, 2.05) is 11.0 Å². The fourth-order valence-electron chi connectivity index (χ4n) is 1.54. The Morgan fingerprint density at radius 1 is 1.59 bits per heavy atom. The molecule has 0 saturated carbocycles. The maximum Gasteiger partial charge on any atom is 0.356 e. The molecule has 0 aliphatic carbocycles. The third-order valence-corrected chi connectivity index (χ3v) is 2.40. The SMILES string of the molecule is N#CC1CN(c2ccc(C(=O)O)nn2)CCO1. The van der Waals surface area contributed by atoms with Crippen LogP contribution in [0.1, 0.15) is 10.5 Å². The highest BCUT2D eigenvalue weighted by atomic mass is 16.5. The molecule has 1 aliphatic rings. The summed E-state index contributed by atoms with van der Waals surface area (Å²) >= 11 is 0. The van der Waals surface area contributed by atoms with Gasteiger partial charge in [0.2, 0.25) is 0 Å². The lowest BCUT2D eigenvalue weighted by molar-refractivity contribution is 0.0688. The maximum atomic E-state index is 10.6. The van der Waals surface area contributed by atoms with Gasteiger partial charge in [0.05, 0.1) is 19.2 Å². The lowest BCUT2D eigenvalue weighted by atomic mass is 10.3. The first-order valence-electron chi connectivity index (χ1n) is 5.04. The van der Waals surface area contributed by atoms with Crippen LogP contribution >= 0.6 is 0 Å². The fraction of sp³-hybridized carbons (Fsp3) is 0.400. The van der Waals surface area contributed by atoms with Crippen LogP contribution in [0.5, 0.6) is 0 Å². The van der Waals surface area contributed by atoms with Crippen molar-refractivity contribution in [3.05, 3.63) is 17.8 Å². The topological polar surface area (TPSA) is 99.3 Å². The van der Waals surface area contributed by atoms with E-state index in [1.165, 1.54) is 6.07 Å². The largest absolute Gasteiger partial charge is 0.476 e. The Hall–Kier alpha value is -2.20. The van der Waals surface area contributed by atoms with E-state index in [1.54, 1.807) is 6.07 Å². The molecular weight excluding hydrogens is 224 g/mol. The second kappa shape index (κ2) is 4.76. The number of morpholine rings is 1. The van der Waals surface area contributed by atoms with E-state index in [2.05, 4.69) is 10.2 Å². The molecule has 88 valence electrons. The van der Waals surface area contributed by atoms with Gasteiger partial charge >= 0.3 is 5.97 Å². The molecule has 1 aromatic rings. The summed E-state index contributed by atoms with van der Waals surface area (Å²) in [6.07, 6.45) is -0.482. The minimum atomic E-state index is -1.11. The Morgan fingerprint density at radius 2 is 2.41 bits per heavy atom. The van der Waals surface area contributed by atoms with E-state index < -0.39 is 12.1 Å². The number of hydrogen-bond donors (Lipinski definition) is 1. The van der Waals surface area contributed by atoms with Crippen molar-refractivity contribution in [2.75, 3.05) is 24.6 Å². The van der Waals surface area contributed by atoms with Gasteiger partial charge in [0, 0.05) is 6.54 Å². The van der Waals surface area contributed by atoms with Gasteiger partial charge in [-0.25, -0.2) is 4.79 Å². The number of aromatic nitrogens is 2. The third kappa shape index (κ3) is 2.49. The van der Waals surface area contributed by atoms with Crippen molar-refractivity contribution < 1.29 is 14.6 Å². The molecule has 0 radical (unpaired) electrons. The molecule has 1 fully saturated rings. The summed E-state index contributed by atoms with van der Waals surface area (Å²) in [6.45, 7) is 1.47. The molecule has 2 heterocycles. The molecule has 0 aromatic carbocycles. The molecular formula is C10H10N4O3. The molecule has 0 spiro atoms. The molecule has 17 heavy (non-hydrogen) atoms. The number of nitrogens with zero attached hydrogens (tertiary/aromatic N) is 4. The first-order chi connectivity index (χ1) is 8.20. The first kappa shape index (κ1) is 11.3. The van der Waals surface area contributed by atoms with Gasteiger partial charge in [-0.05, 0) is 12.1 Å². The van der Waals surface area contributed by atoms with Crippen molar-refractivity contribution in [2.24, 2.45) is 0 Å². The van der Waals surface area contributed by atoms with E-state index in [0.29, 0.717) is 25.5 Å². The highest BCUT2D eigenvalue weighted by molar-refractivity contribution is 5.85. The predicted molar refractivity (Wildman–Crippen MR) is 56.6 cm³/mol. The minimum absolute atomic E-state index is 0.0983. The second-order valence-electron chi connectivity index (χ2n) is 3.52. The molecule has 1 saturated heterocycles. The van der Waals surface area contributed by atoms with Crippen LogP contribution in [0.4, 0.5) is 5.82 Å². The lowest BCUT2D eigenvalue weighted by Gasteiger charge is -2.30. The van der Waals surface area contributed by atoms with Crippen LogP contribution < -0.4 is 4.90 Å². The van der Waals surface area contributed by atoms with Crippen molar-refractivity contribution in [3.8, 4) is 6.07 Å². The highest BCUT2D eigenvalue weighted by Crippen LogP contribution is 2.14. The summed E-state index contributed by atoms with van der Waals surface area (Å²) in [5.41, 5.74) is -0.0983. The highest BCUT2D eigenvalue weighted by Gasteiger charge is 2.21. The third-order valence-electron chi connectivity index (χ3n) is 2.40. The summed E-state index contributed by atoms with van der Waals surface area (Å²) < 4.78 is 5.20. The normalized spacial score (nSPS) is 19.7. The summed E-state index contributed by atoms with van der Waals surface area (Å²) in [5, 5.41) is 24.9. The van der Waals surface area contributed by atoms with Crippen molar-refractivity contribution in [3.63, 3.8) is 0 Å². The van der Waals surface area contributed by atoms with Gasteiger partial charge in [0.1, 0.15) is 0 Å². The number of ether oxygens (including phenoxy) is 1. The zero-order valence-corrected chi connectivity index (χ0v) is 8.91. The van der Waals surface area contributed by atoms with E-state index in [-0.39, 0.29) is 5.69 Å². The molecule has 0 amide bonds. The molecule has 1 unspecified atom stereocenters. The number of aromatic carboxylic acids is 1. The van der Waals surface area contributed by atoms with Crippen molar-refractivity contribution in [1.82, 2.24) is 10.2 Å². The molecule has 7 heteroatoms. The van der Waals surface area contributed by atoms with E-state index in [9.17, 15) is 4.79 Å². The number of anilines is 1. The second-order valence-corrected chi connectivity index (χ2v) is 3.52. The van der Waals surface area contributed by atoms with Crippen LogP contribution in [0.2, 0.25) is 0 Å². The van der Waals surface area contributed by atoms with Gasteiger partial charge in [-0.2, -0.15) is 5.26 Å². The fourth-order valence-corrected chi connectivity index (χ4v) is 1.54. The first-order valence-corrected chi connectivity index (χ1v) is 5.04. The average molecular weight is 234 g/mol. The number of hydrogen-bond acceptors (Lipinski definition) is 6. The molecule has 7 nitrogen and oxygen atoms in total. The molecule has 1 atom stereocenters. The zero-order valence-electron chi connectivity index (χ0n) is 8.91. The van der Waals surface area contributed by atoms with Gasteiger partial charge in [-0.3, -0.25) is 0 Å². The molecule has 1 N–H and O–H groups in total. The van der Waals surface area contributed by atoms with Crippen LogP contribution in [0.3, 0.4) is 0 Å². The van der Waals surface area contributed by atoms with Gasteiger partial charge in [-0.15, -0.1) is 10.2 Å². The zero-order chi connectivity index (χ0) is 12.3. The van der Waals surface area contributed by atoms with Crippen LogP contribution in [0.25, 0.3) is 0 Å². The Bertz CT molecular complexity index is 454. The van der Waals surface area contributed by atoms with Crippen molar-refractivity contribution in [2.45, 2.75) is 6.10 Å². The number of carboxylic acid groups (broad SMARTS) is 1. The number of carboxylic acids is 1. The van der Waals surface area contributed by atoms with Crippen molar-refractivity contribution in [1.29, 1.82) is 5.26 Å². The van der Waals surface area contributed by atoms with Gasteiger partial charge < -0.3 is 14.7 Å². The Labute approximate surface area is 97.2 Å². The van der Waals surface area contributed by atoms with Crippen molar-refractivity contribution >= 4 is 11.8 Å². The number of carbonyl (C=O) groups is 1. The van der Waals surface area contributed by atoms with Gasteiger partial charge in [0.25, 0.3) is 0 Å². The monoisotopic (exact) mass is 234 g/mol. The quantitative estimate of drug-likeness (QED) is 0.762. The minimum Gasteiger partial charge on any atom is -0.476 e. The molecule has 1 aromatic heterocycles. The Balaban J connectivity index is 2.12. The molecule has 0 bridgehead atoms. The van der Waals surface area contributed by atoms with Gasteiger partial charge in [-0.1, -0.05) is 0 Å². The summed E-state index contributed by atoms with van der Waals surface area (Å²) in [4.78, 5) is 12.5. The number of nitriles is 1. The lowest BCUT2D eigenvalue weighted by Crippen LogP contribution is -2.42. The number of rotatable bonds is 2. The Morgan fingerprint density at radius 3 is 3.00 bits per heavy atom. The summed E-state index contributed by atoms with van der Waals surface area (Å²) in [6, 6.07) is 5.00. The standard InChI is InChI=1S/C10H10N4O3/c11-5-7-6-14(3-4-17-7)9-2-1-8(10(15)16)12-13-9/h1-2,7H,3-4,6H2,(H,15,16). The van der Waals surface area contributed by atoms with E-state index in [4.69, 9.17) is 15.1 Å². The molecule has 1 aliphatic heterocycles. The smallest absolute Gasteiger partial charge is 0.356 e. The maximum absolute atomic E-state index is 10.6. The van der Waals surface area contributed by atoms with Crippen LogP contribution in [-0.2, 0) is 4.74 Å². The summed E-state index contributed by atoms with van der Waals surface area (Å²) in [5.74, 6) is -0.556. The van der Waals surface area contributed by atoms with E-state index in [0.717, 1.165) is 0 Å². The van der Waals surface area contributed by atoms with Gasteiger partial charge in [0.15, 0.2) is 17.6 Å². The van der Waals surface area contributed by atoms with Crippen LogP contribution in [0, 0.1) is 11.3 Å². The molecule has 2 rings (SSSR count). The van der Waals surface area contributed by atoms with Crippen LogP contribution in [-0.4, -0.2) is 47.1 Å². The van der Waals surface area contributed by atoms with Crippen LogP contribution in [0.15, 0.2) is 12.1 Å². The summed E-state index contributed by atoms with van der Waals surface area (Å²) in [7, 11) is 0. The average Bonchev–Trinajstić information content (AvgIpc) is 2.39. The predicted octanol–water partition coefficient (Wildman–Crippen LogP) is -0.0964. The van der Waals surface area contributed by atoms with E-state index >= 15 is 0 Å². The Kier molecular flexibility index (Phi) is 3.16.